The SMILES string of the molecule is CO/N=C1\C[C@@H](c2noc(CN3CCNCC3)n2)N(C(=O)c2ccc(-c3ccccc3)cc2)C1. The monoisotopic (exact) mass is 460 g/mol. The molecule has 9 nitrogen and oxygen atoms in total. The summed E-state index contributed by atoms with van der Waals surface area (Å²) in [6.07, 6.45) is 0.508. The first-order valence-electron chi connectivity index (χ1n) is 11.5. The molecule has 2 aromatic carbocycles. The summed E-state index contributed by atoms with van der Waals surface area (Å²) in [7, 11) is 1.51. The number of hydrogen-bond donors (Lipinski definition) is 1. The molecule has 34 heavy (non-hydrogen) atoms. The molecule has 0 unspecified atom stereocenters. The Morgan fingerprint density at radius 3 is 2.59 bits per heavy atom. The molecule has 1 aromatic heterocycles. The van der Waals surface area contributed by atoms with Crippen molar-refractivity contribution >= 4 is 11.6 Å². The highest BCUT2D eigenvalue weighted by atomic mass is 16.6. The Morgan fingerprint density at radius 1 is 1.12 bits per heavy atom. The number of amides is 1. The summed E-state index contributed by atoms with van der Waals surface area (Å²) in [4.78, 5) is 27.1. The van der Waals surface area contributed by atoms with Crippen molar-refractivity contribution in [3.63, 3.8) is 0 Å². The van der Waals surface area contributed by atoms with E-state index in [1.54, 1.807) is 4.90 Å². The van der Waals surface area contributed by atoms with Crippen molar-refractivity contribution in [1.82, 2.24) is 25.3 Å². The molecule has 2 aliphatic rings. The molecule has 0 spiro atoms. The van der Waals surface area contributed by atoms with Crippen LogP contribution in [0.15, 0.2) is 64.3 Å². The van der Waals surface area contributed by atoms with E-state index in [4.69, 9.17) is 9.36 Å². The number of nitrogens with zero attached hydrogens (tertiary/aromatic N) is 5. The third-order valence-corrected chi connectivity index (χ3v) is 6.23. The van der Waals surface area contributed by atoms with Crippen LogP contribution in [0.4, 0.5) is 0 Å². The molecule has 2 saturated heterocycles. The standard InChI is InChI=1S/C25H28N6O3/c1-33-28-21-15-22(24-27-23(34-29-24)17-30-13-11-26-12-14-30)31(16-21)25(32)20-9-7-19(8-10-20)18-5-3-2-4-6-18/h2-10,22,26H,11-17H2,1H3/b28-21+/t22-/m0/s1. The maximum Gasteiger partial charge on any atom is 0.254 e. The van der Waals surface area contributed by atoms with E-state index in [9.17, 15) is 4.79 Å². The summed E-state index contributed by atoms with van der Waals surface area (Å²) in [6, 6.07) is 17.4. The van der Waals surface area contributed by atoms with Gasteiger partial charge in [0.2, 0.25) is 5.89 Å². The molecule has 0 saturated carbocycles. The lowest BCUT2D eigenvalue weighted by Crippen LogP contribution is -2.42. The van der Waals surface area contributed by atoms with E-state index < -0.39 is 0 Å². The number of carbonyl (C=O) groups excluding carboxylic acids is 1. The van der Waals surface area contributed by atoms with Crippen molar-refractivity contribution in [3.05, 3.63) is 71.9 Å². The second kappa shape index (κ2) is 10.1. The van der Waals surface area contributed by atoms with Gasteiger partial charge in [-0.3, -0.25) is 9.69 Å². The minimum atomic E-state index is -0.351. The van der Waals surface area contributed by atoms with Crippen molar-refractivity contribution in [3.8, 4) is 11.1 Å². The van der Waals surface area contributed by atoms with E-state index in [-0.39, 0.29) is 11.9 Å². The van der Waals surface area contributed by atoms with Gasteiger partial charge in [0.1, 0.15) is 13.2 Å². The van der Waals surface area contributed by atoms with Gasteiger partial charge in [-0.05, 0) is 23.3 Å². The topological polar surface area (TPSA) is 96.1 Å². The van der Waals surface area contributed by atoms with Gasteiger partial charge >= 0.3 is 0 Å². The molecule has 5 rings (SSSR count). The molecule has 0 aliphatic carbocycles. The van der Waals surface area contributed by atoms with Crippen molar-refractivity contribution < 1.29 is 14.2 Å². The van der Waals surface area contributed by atoms with Crippen LogP contribution in [-0.4, -0.2) is 71.4 Å². The van der Waals surface area contributed by atoms with Crippen molar-refractivity contribution in [2.75, 3.05) is 39.8 Å². The van der Waals surface area contributed by atoms with Crippen molar-refractivity contribution in [1.29, 1.82) is 0 Å². The van der Waals surface area contributed by atoms with Crippen LogP contribution in [0.2, 0.25) is 0 Å². The van der Waals surface area contributed by atoms with Crippen LogP contribution < -0.4 is 5.32 Å². The Hall–Kier alpha value is -3.56. The van der Waals surface area contributed by atoms with Gasteiger partial charge in [0.15, 0.2) is 5.82 Å². The third kappa shape index (κ3) is 4.85. The average Bonchev–Trinajstić information content (AvgIpc) is 3.52. The molecule has 0 bridgehead atoms. The molecule has 9 heteroatoms. The summed E-state index contributed by atoms with van der Waals surface area (Å²) >= 11 is 0. The number of piperazine rings is 1. The summed E-state index contributed by atoms with van der Waals surface area (Å²) < 4.78 is 5.54. The second-order valence-electron chi connectivity index (χ2n) is 8.51. The Morgan fingerprint density at radius 2 is 1.85 bits per heavy atom. The van der Waals surface area contributed by atoms with Gasteiger partial charge in [-0.1, -0.05) is 52.8 Å². The fourth-order valence-corrected chi connectivity index (χ4v) is 4.47. The van der Waals surface area contributed by atoms with E-state index in [0.29, 0.717) is 36.8 Å². The van der Waals surface area contributed by atoms with Gasteiger partial charge in [-0.15, -0.1) is 0 Å². The Labute approximate surface area is 198 Å². The summed E-state index contributed by atoms with van der Waals surface area (Å²) in [5, 5.41) is 11.7. The molecule has 176 valence electrons. The predicted octanol–water partition coefficient (Wildman–Crippen LogP) is 2.73. The summed E-state index contributed by atoms with van der Waals surface area (Å²) in [5.74, 6) is 0.966. The molecule has 2 aliphatic heterocycles. The molecule has 2 fully saturated rings. The highest BCUT2D eigenvalue weighted by Crippen LogP contribution is 2.31. The number of rotatable bonds is 6. The number of oxime groups is 1. The molecule has 3 aromatic rings. The molecule has 0 radical (unpaired) electrons. The third-order valence-electron chi connectivity index (χ3n) is 6.23. The van der Waals surface area contributed by atoms with E-state index in [1.807, 2.05) is 42.5 Å². The smallest absolute Gasteiger partial charge is 0.254 e. The normalized spacial score (nSPS) is 20.1. The van der Waals surface area contributed by atoms with Gasteiger partial charge in [0.05, 0.1) is 18.8 Å². The quantitative estimate of drug-likeness (QED) is 0.565. The molecule has 3 heterocycles. The minimum absolute atomic E-state index is 0.0978. The van der Waals surface area contributed by atoms with Crippen LogP contribution >= 0.6 is 0 Å². The Kier molecular flexibility index (Phi) is 6.64. The molecule has 1 amide bonds. The van der Waals surface area contributed by atoms with Gasteiger partial charge in [-0.2, -0.15) is 4.98 Å². The Bertz CT molecular complexity index is 1140. The predicted molar refractivity (Wildman–Crippen MR) is 127 cm³/mol. The van der Waals surface area contributed by atoms with E-state index >= 15 is 0 Å². The number of nitrogens with one attached hydrogen (secondary N) is 1. The first-order valence-corrected chi connectivity index (χ1v) is 11.5. The highest BCUT2D eigenvalue weighted by molar-refractivity contribution is 6.00. The lowest BCUT2D eigenvalue weighted by atomic mass is 10.0. The highest BCUT2D eigenvalue weighted by Gasteiger charge is 2.38. The zero-order chi connectivity index (χ0) is 23.3. The number of carbonyl (C=O) groups is 1. The lowest BCUT2D eigenvalue weighted by molar-refractivity contribution is 0.0732. The molecule has 1 atom stereocenters. The van der Waals surface area contributed by atoms with Crippen molar-refractivity contribution in [2.45, 2.75) is 19.0 Å². The fourth-order valence-electron chi connectivity index (χ4n) is 4.47. The van der Waals surface area contributed by atoms with Gasteiger partial charge in [-0.25, -0.2) is 0 Å². The number of aromatic nitrogens is 2. The maximum absolute atomic E-state index is 13.5. The molecular weight excluding hydrogens is 432 g/mol. The summed E-state index contributed by atoms with van der Waals surface area (Å²) in [6.45, 7) is 4.75. The first-order chi connectivity index (χ1) is 16.7. The van der Waals surface area contributed by atoms with Gasteiger partial charge in [0, 0.05) is 38.2 Å². The van der Waals surface area contributed by atoms with Gasteiger partial charge in [0.25, 0.3) is 5.91 Å². The number of hydrogen-bond acceptors (Lipinski definition) is 8. The number of likely N-dealkylation sites (tertiary alicyclic amines) is 1. The van der Waals surface area contributed by atoms with Crippen LogP contribution in [0.5, 0.6) is 0 Å². The van der Waals surface area contributed by atoms with E-state index in [1.165, 1.54) is 7.11 Å². The summed E-state index contributed by atoms with van der Waals surface area (Å²) in [5.41, 5.74) is 3.55. The van der Waals surface area contributed by atoms with Crippen molar-refractivity contribution in [2.24, 2.45) is 5.16 Å². The van der Waals surface area contributed by atoms with Crippen LogP contribution in [0, 0.1) is 0 Å². The largest absolute Gasteiger partial charge is 0.399 e. The van der Waals surface area contributed by atoms with E-state index in [2.05, 4.69) is 37.6 Å². The Balaban J connectivity index is 1.35. The van der Waals surface area contributed by atoms with Gasteiger partial charge < -0.3 is 19.6 Å². The zero-order valence-electron chi connectivity index (χ0n) is 19.2. The number of benzene rings is 2. The second-order valence-corrected chi connectivity index (χ2v) is 8.51. The average molecular weight is 461 g/mol. The lowest BCUT2D eigenvalue weighted by Gasteiger charge is -2.25. The van der Waals surface area contributed by atoms with Crippen LogP contribution in [0.25, 0.3) is 11.1 Å². The van der Waals surface area contributed by atoms with E-state index in [0.717, 1.165) is 43.0 Å². The van der Waals surface area contributed by atoms with Crippen LogP contribution in [0.1, 0.15) is 34.5 Å². The fraction of sp³-hybridized carbons (Fsp3) is 0.360. The van der Waals surface area contributed by atoms with Crippen LogP contribution in [0.3, 0.4) is 0 Å². The maximum atomic E-state index is 13.5. The molecule has 1 N–H and O–H groups in total. The molecular formula is C25H28N6O3. The first kappa shape index (κ1) is 22.2. The van der Waals surface area contributed by atoms with Crippen LogP contribution in [-0.2, 0) is 11.4 Å². The minimum Gasteiger partial charge on any atom is -0.399 e. The zero-order valence-corrected chi connectivity index (χ0v) is 19.2.